The van der Waals surface area contributed by atoms with E-state index in [1.807, 2.05) is 194 Å². The number of nitrogens with zero attached hydrogens (tertiary/aromatic N) is 1. The summed E-state index contributed by atoms with van der Waals surface area (Å²) in [5.74, 6) is 0. The molecule has 0 unspecified atom stereocenters. The molecule has 2 aliphatic rings. The molecule has 0 aliphatic heterocycles. The second kappa shape index (κ2) is 54.5. The first-order valence-corrected chi connectivity index (χ1v) is 27.2. The zero-order valence-electron chi connectivity index (χ0n) is 48.9. The van der Waals surface area contributed by atoms with E-state index in [4.69, 9.17) is 0 Å². The van der Waals surface area contributed by atoms with E-state index in [2.05, 4.69) is 157 Å². The Balaban J connectivity index is -0.000000215. The second-order valence-corrected chi connectivity index (χ2v) is 10.1. The third-order valence-electron chi connectivity index (χ3n) is 8.27. The fourth-order valence-corrected chi connectivity index (χ4v) is 6.89. The zero-order chi connectivity index (χ0) is 53.1. The number of hydrogen-bond acceptors (Lipinski definition) is 1. The average Bonchev–Trinajstić information content (AvgIpc) is 3.95. The summed E-state index contributed by atoms with van der Waals surface area (Å²) < 4.78 is 0. The van der Waals surface area contributed by atoms with Gasteiger partial charge in [-0.1, -0.05) is 315 Å². The van der Waals surface area contributed by atoms with Crippen LogP contribution >= 0.6 is 0 Å². The zero-order valence-corrected chi connectivity index (χ0v) is 48.9. The lowest BCUT2D eigenvalue weighted by Crippen LogP contribution is -2.26. The topological polar surface area (TPSA) is 3.24 Å². The molecule has 0 saturated carbocycles. The molecular formula is C65H109N. The summed E-state index contributed by atoms with van der Waals surface area (Å²) in [6, 6.07) is 55.3. The van der Waals surface area contributed by atoms with Crippen molar-refractivity contribution in [2.24, 2.45) is 0 Å². The van der Waals surface area contributed by atoms with Crippen LogP contribution in [0.5, 0.6) is 0 Å². The van der Waals surface area contributed by atoms with Gasteiger partial charge >= 0.3 is 0 Å². The van der Waals surface area contributed by atoms with Crippen LogP contribution in [0.1, 0.15) is 216 Å². The van der Waals surface area contributed by atoms with Gasteiger partial charge in [-0.05, 0) is 69.3 Å². The first kappa shape index (κ1) is 75.4. The number of anilines is 3. The van der Waals surface area contributed by atoms with Crippen molar-refractivity contribution >= 4 is 17.1 Å². The van der Waals surface area contributed by atoms with Crippen molar-refractivity contribution in [2.75, 3.05) is 4.90 Å². The molecule has 0 aromatic heterocycles. The van der Waals surface area contributed by atoms with Gasteiger partial charge in [-0.25, -0.2) is 0 Å². The molecule has 0 amide bonds. The number of fused-ring (bicyclic) bond motifs is 10. The third-order valence-corrected chi connectivity index (χ3v) is 8.27. The van der Waals surface area contributed by atoms with Crippen LogP contribution in [0.25, 0.3) is 22.3 Å². The molecule has 1 nitrogen and oxygen atoms in total. The molecule has 6 aromatic rings. The summed E-state index contributed by atoms with van der Waals surface area (Å²) in [5.41, 5.74) is 13.9. The van der Waals surface area contributed by atoms with Crippen LogP contribution in [0, 0.1) is 0 Å². The largest absolute Gasteiger partial charge is 0.310 e. The van der Waals surface area contributed by atoms with Gasteiger partial charge in [0, 0.05) is 16.9 Å². The summed E-state index contributed by atoms with van der Waals surface area (Å²) in [6.45, 7) is 56.0. The maximum Gasteiger partial charge on any atom is 0.0726 e. The molecule has 1 spiro atoms. The van der Waals surface area contributed by atoms with Crippen molar-refractivity contribution in [1.29, 1.82) is 0 Å². The smallest absolute Gasteiger partial charge is 0.0726 e. The molecule has 0 radical (unpaired) electrons. The Morgan fingerprint density at radius 2 is 0.470 bits per heavy atom. The minimum absolute atomic E-state index is 0.339. The minimum atomic E-state index is -0.339. The van der Waals surface area contributed by atoms with Crippen molar-refractivity contribution in [3.8, 4) is 22.3 Å². The van der Waals surface area contributed by atoms with Crippen molar-refractivity contribution in [1.82, 2.24) is 0 Å². The van der Waals surface area contributed by atoms with Crippen LogP contribution < -0.4 is 4.90 Å². The van der Waals surface area contributed by atoms with E-state index in [0.29, 0.717) is 0 Å². The fourth-order valence-electron chi connectivity index (χ4n) is 6.89. The molecule has 374 valence electrons. The van der Waals surface area contributed by atoms with Crippen LogP contribution in [-0.2, 0) is 5.41 Å². The maximum absolute atomic E-state index is 2.40. The van der Waals surface area contributed by atoms with Crippen LogP contribution in [0.15, 0.2) is 152 Å². The molecule has 0 bridgehead atoms. The SMILES string of the molecule is CC.CC.CC.CC.CC.CC.CC.CC.CC.CC.CC.CC.CC.CC.c1ccc(N(c2ccccc2)c2cccc3c2-c2ccccc2C32c3ccccc3-c3ccccc32)cc1. The van der Waals surface area contributed by atoms with E-state index in [1.54, 1.807) is 0 Å². The number of hydrogen-bond donors (Lipinski definition) is 0. The van der Waals surface area contributed by atoms with Crippen LogP contribution in [0.2, 0.25) is 0 Å². The highest BCUT2D eigenvalue weighted by Gasteiger charge is 2.52. The van der Waals surface area contributed by atoms with Gasteiger partial charge in [0.25, 0.3) is 0 Å². The molecule has 0 fully saturated rings. The highest BCUT2D eigenvalue weighted by atomic mass is 15.1. The molecule has 8 rings (SSSR count). The molecule has 0 N–H and O–H groups in total. The van der Waals surface area contributed by atoms with Gasteiger partial charge in [-0.15, -0.1) is 0 Å². The summed E-state index contributed by atoms with van der Waals surface area (Å²) in [4.78, 5) is 2.40. The lowest BCUT2D eigenvalue weighted by atomic mass is 9.70. The second-order valence-electron chi connectivity index (χ2n) is 10.1. The van der Waals surface area contributed by atoms with Crippen molar-refractivity contribution in [3.05, 3.63) is 174 Å². The molecular weight excluding hydrogens is 795 g/mol. The summed E-state index contributed by atoms with van der Waals surface area (Å²) >= 11 is 0. The lowest BCUT2D eigenvalue weighted by Gasteiger charge is -2.31. The Morgan fingerprint density at radius 1 is 0.227 bits per heavy atom. The van der Waals surface area contributed by atoms with Crippen LogP contribution in [0.3, 0.4) is 0 Å². The summed E-state index contributed by atoms with van der Waals surface area (Å²) in [7, 11) is 0. The van der Waals surface area contributed by atoms with Gasteiger partial charge in [0.15, 0.2) is 0 Å². The average molecular weight is 905 g/mol. The molecule has 1 heteroatoms. The summed E-state index contributed by atoms with van der Waals surface area (Å²) in [6.07, 6.45) is 0. The molecule has 66 heavy (non-hydrogen) atoms. The monoisotopic (exact) mass is 904 g/mol. The standard InChI is InChI=1S/C37H25N.14C2H6/c1-3-14-26(15-4-1)38(27-16-5-2-6-17-27)35-25-13-24-34-36(35)30-20-9-12-23-33(30)37(34)31-21-10-7-18-28(31)29-19-8-11-22-32(29)37;14*1-2/h1-25H;14*1-2H3. The van der Waals surface area contributed by atoms with E-state index in [-0.39, 0.29) is 5.41 Å². The van der Waals surface area contributed by atoms with Gasteiger partial charge in [0.2, 0.25) is 0 Å². The van der Waals surface area contributed by atoms with Crippen LogP contribution in [-0.4, -0.2) is 0 Å². The predicted octanol–water partition coefficient (Wildman–Crippen LogP) is 23.9. The van der Waals surface area contributed by atoms with Crippen molar-refractivity contribution in [3.63, 3.8) is 0 Å². The normalized spacial score (nSPS) is 9.03. The Kier molecular flexibility index (Phi) is 62.2. The van der Waals surface area contributed by atoms with E-state index in [1.165, 1.54) is 50.2 Å². The quantitative estimate of drug-likeness (QED) is 0.171. The van der Waals surface area contributed by atoms with Crippen molar-refractivity contribution in [2.45, 2.75) is 199 Å². The maximum atomic E-state index is 2.40. The molecule has 0 saturated heterocycles. The molecule has 6 aromatic carbocycles. The number of benzene rings is 6. The summed E-state index contributed by atoms with van der Waals surface area (Å²) in [5, 5.41) is 0. The molecule has 2 aliphatic carbocycles. The minimum Gasteiger partial charge on any atom is -0.310 e. The predicted molar refractivity (Wildman–Crippen MR) is 316 cm³/mol. The Labute approximate surface area is 415 Å². The Hall–Kier alpha value is -4.88. The Morgan fingerprint density at radius 3 is 0.788 bits per heavy atom. The van der Waals surface area contributed by atoms with Gasteiger partial charge in [-0.3, -0.25) is 0 Å². The van der Waals surface area contributed by atoms with E-state index >= 15 is 0 Å². The molecule has 0 heterocycles. The Bertz CT molecular complexity index is 1730. The van der Waals surface area contributed by atoms with Gasteiger partial charge in [0.05, 0.1) is 11.1 Å². The van der Waals surface area contributed by atoms with Gasteiger partial charge in [-0.2, -0.15) is 0 Å². The van der Waals surface area contributed by atoms with Crippen LogP contribution in [0.4, 0.5) is 17.1 Å². The third kappa shape index (κ3) is 19.1. The first-order valence-electron chi connectivity index (χ1n) is 27.2. The number of para-hydroxylation sites is 2. The molecule has 0 atom stereocenters. The fraction of sp³-hybridized carbons (Fsp3) is 0.446. The van der Waals surface area contributed by atoms with Gasteiger partial charge in [0.1, 0.15) is 0 Å². The van der Waals surface area contributed by atoms with E-state index in [0.717, 1.165) is 11.4 Å². The number of rotatable bonds is 3. The highest BCUT2D eigenvalue weighted by molar-refractivity contribution is 6.00. The first-order chi connectivity index (χ1) is 32.9. The van der Waals surface area contributed by atoms with Crippen molar-refractivity contribution < 1.29 is 0 Å². The van der Waals surface area contributed by atoms with Gasteiger partial charge < -0.3 is 4.90 Å². The van der Waals surface area contributed by atoms with E-state index in [9.17, 15) is 0 Å². The van der Waals surface area contributed by atoms with E-state index < -0.39 is 0 Å². The lowest BCUT2D eigenvalue weighted by molar-refractivity contribution is 0.794. The highest BCUT2D eigenvalue weighted by Crippen LogP contribution is 2.64.